The molecule has 0 bridgehead atoms. The lowest BCUT2D eigenvalue weighted by atomic mass is 10.6. The van der Waals surface area contributed by atoms with Crippen LogP contribution in [0.4, 0.5) is 0 Å². The van der Waals surface area contributed by atoms with Gasteiger partial charge in [-0.15, -0.1) is 6.58 Å². The number of hydrogen-bond acceptors (Lipinski definition) is 2. The van der Waals surface area contributed by atoms with E-state index in [2.05, 4.69) is 17.9 Å². The normalized spacial score (nSPS) is 8.00. The molecule has 50 valence electrons. The van der Waals surface area contributed by atoms with Gasteiger partial charge in [0.05, 0.1) is 0 Å². The van der Waals surface area contributed by atoms with Crippen LogP contribution in [-0.4, -0.2) is 11.7 Å². The summed E-state index contributed by atoms with van der Waals surface area (Å²) in [5.41, 5.74) is 0. The maximum Gasteiger partial charge on any atom is 0.253 e. The molecule has 0 atom stereocenters. The predicted octanol–water partition coefficient (Wildman–Crippen LogP) is 1.12. The summed E-state index contributed by atoms with van der Waals surface area (Å²) in [4.78, 5) is 10.4. The Hall–Kier alpha value is -0.700. The van der Waals surface area contributed by atoms with Crippen LogP contribution in [-0.2, 0) is 4.79 Å². The maximum absolute atomic E-state index is 10.4. The molecule has 3 heteroatoms. The Morgan fingerprint density at radius 3 is 2.78 bits per heavy atom. The van der Waals surface area contributed by atoms with Crippen LogP contribution in [0, 0.1) is 0 Å². The van der Waals surface area contributed by atoms with E-state index in [-0.39, 0.29) is 5.91 Å². The Kier molecular flexibility index (Phi) is 5.01. The Morgan fingerprint density at radius 1 is 1.67 bits per heavy atom. The highest BCUT2D eigenvalue weighted by Gasteiger charge is 1.88. The van der Waals surface area contributed by atoms with Gasteiger partial charge in [0.25, 0.3) is 5.91 Å². The minimum atomic E-state index is -0.165. The van der Waals surface area contributed by atoms with E-state index >= 15 is 0 Å². The Morgan fingerprint density at radius 2 is 2.33 bits per heavy atom. The topological polar surface area (TPSA) is 29.1 Å². The molecule has 0 aliphatic heterocycles. The monoisotopic (exact) mass is 143 g/mol. The van der Waals surface area contributed by atoms with Gasteiger partial charge in [0.2, 0.25) is 0 Å². The van der Waals surface area contributed by atoms with E-state index in [1.54, 1.807) is 6.08 Å². The van der Waals surface area contributed by atoms with Crippen LogP contribution in [0.2, 0.25) is 0 Å². The molecular weight excluding hydrogens is 134 g/mol. The summed E-state index contributed by atoms with van der Waals surface area (Å²) < 4.78 is 2.52. The predicted molar refractivity (Wildman–Crippen MR) is 41.0 cm³/mol. The summed E-state index contributed by atoms with van der Waals surface area (Å²) in [7, 11) is 0. The third-order valence-electron chi connectivity index (χ3n) is 0.559. The molecule has 0 saturated heterocycles. The van der Waals surface area contributed by atoms with Gasteiger partial charge in [-0.1, -0.05) is 12.7 Å². The third-order valence-corrected chi connectivity index (χ3v) is 1.31. The van der Waals surface area contributed by atoms with E-state index < -0.39 is 0 Å². The standard InChI is InChI=1S/C6H9NOS/c1-3-5-9-7-6(8)4-2/h3-4H,1-2,5H2,(H,7,8). The zero-order valence-corrected chi connectivity index (χ0v) is 5.91. The zero-order chi connectivity index (χ0) is 7.11. The van der Waals surface area contributed by atoms with Gasteiger partial charge in [0.1, 0.15) is 0 Å². The molecule has 0 saturated carbocycles. The first-order valence-electron chi connectivity index (χ1n) is 2.46. The highest BCUT2D eigenvalue weighted by atomic mass is 32.2. The van der Waals surface area contributed by atoms with Gasteiger partial charge in [0, 0.05) is 5.75 Å². The second-order valence-electron chi connectivity index (χ2n) is 1.27. The third kappa shape index (κ3) is 5.17. The van der Waals surface area contributed by atoms with Crippen molar-refractivity contribution in [3.8, 4) is 0 Å². The van der Waals surface area contributed by atoms with Crippen LogP contribution in [0.15, 0.2) is 25.3 Å². The number of hydrogen-bond donors (Lipinski definition) is 1. The molecule has 0 aromatic heterocycles. The van der Waals surface area contributed by atoms with E-state index in [1.807, 2.05) is 0 Å². The number of amides is 1. The molecule has 0 aliphatic carbocycles. The van der Waals surface area contributed by atoms with Gasteiger partial charge in [-0.2, -0.15) is 0 Å². The average Bonchev–Trinajstić information content (AvgIpc) is 1.89. The number of carbonyl (C=O) groups excluding carboxylic acids is 1. The fourth-order valence-electron chi connectivity index (χ4n) is 0.213. The number of rotatable bonds is 4. The summed E-state index contributed by atoms with van der Waals surface area (Å²) in [5, 5.41) is 0. The summed E-state index contributed by atoms with van der Waals surface area (Å²) in [6.45, 7) is 6.77. The molecule has 0 unspecified atom stereocenters. The van der Waals surface area contributed by atoms with E-state index in [9.17, 15) is 4.79 Å². The van der Waals surface area contributed by atoms with Crippen LogP contribution in [0.25, 0.3) is 0 Å². The molecular formula is C6H9NOS. The van der Waals surface area contributed by atoms with Crippen LogP contribution in [0.1, 0.15) is 0 Å². The number of carbonyl (C=O) groups is 1. The lowest BCUT2D eigenvalue weighted by molar-refractivity contribution is -0.114. The van der Waals surface area contributed by atoms with Crippen molar-refractivity contribution in [2.75, 3.05) is 5.75 Å². The van der Waals surface area contributed by atoms with Gasteiger partial charge >= 0.3 is 0 Å². The SMILES string of the molecule is C=CCSNC(=O)C=C. The zero-order valence-electron chi connectivity index (χ0n) is 5.09. The van der Waals surface area contributed by atoms with Crippen LogP contribution < -0.4 is 4.72 Å². The van der Waals surface area contributed by atoms with Crippen molar-refractivity contribution in [2.24, 2.45) is 0 Å². The molecule has 2 nitrogen and oxygen atoms in total. The van der Waals surface area contributed by atoms with Crippen molar-refractivity contribution in [3.05, 3.63) is 25.3 Å². The van der Waals surface area contributed by atoms with Gasteiger partial charge in [-0.3, -0.25) is 9.52 Å². The van der Waals surface area contributed by atoms with E-state index in [0.717, 1.165) is 5.75 Å². The van der Waals surface area contributed by atoms with Gasteiger partial charge in [-0.05, 0) is 18.0 Å². The van der Waals surface area contributed by atoms with Gasteiger partial charge in [-0.25, -0.2) is 0 Å². The molecule has 0 radical (unpaired) electrons. The smallest absolute Gasteiger partial charge is 0.253 e. The second-order valence-corrected chi connectivity index (χ2v) is 2.10. The Bertz CT molecular complexity index is 122. The largest absolute Gasteiger partial charge is 0.296 e. The highest BCUT2D eigenvalue weighted by molar-refractivity contribution is 7.98. The van der Waals surface area contributed by atoms with Crippen molar-refractivity contribution in [1.29, 1.82) is 0 Å². The fraction of sp³-hybridized carbons (Fsp3) is 0.167. The highest BCUT2D eigenvalue weighted by Crippen LogP contribution is 1.91. The van der Waals surface area contributed by atoms with Crippen molar-refractivity contribution in [1.82, 2.24) is 4.72 Å². The van der Waals surface area contributed by atoms with Crippen molar-refractivity contribution < 1.29 is 4.79 Å². The van der Waals surface area contributed by atoms with Gasteiger partial charge in [0.15, 0.2) is 0 Å². The minimum Gasteiger partial charge on any atom is -0.296 e. The fourth-order valence-corrected chi connectivity index (χ4v) is 0.640. The summed E-state index contributed by atoms with van der Waals surface area (Å²) in [5.74, 6) is 0.557. The van der Waals surface area contributed by atoms with Crippen LogP contribution >= 0.6 is 11.9 Å². The Labute approximate surface area is 59.2 Å². The van der Waals surface area contributed by atoms with Crippen LogP contribution in [0.5, 0.6) is 0 Å². The minimum absolute atomic E-state index is 0.165. The summed E-state index contributed by atoms with van der Waals surface area (Å²) >= 11 is 1.30. The molecule has 0 aliphatic rings. The molecule has 0 spiro atoms. The summed E-state index contributed by atoms with van der Waals surface area (Å²) in [6, 6.07) is 0. The van der Waals surface area contributed by atoms with Crippen LogP contribution in [0.3, 0.4) is 0 Å². The summed E-state index contributed by atoms with van der Waals surface area (Å²) in [6.07, 6.45) is 2.95. The number of nitrogens with one attached hydrogen (secondary N) is 1. The van der Waals surface area contributed by atoms with E-state index in [0.29, 0.717) is 0 Å². The Balaban J connectivity index is 3.16. The first-order chi connectivity index (χ1) is 4.31. The van der Waals surface area contributed by atoms with Crippen molar-refractivity contribution >= 4 is 17.9 Å². The molecule has 0 fully saturated rings. The molecule has 0 heterocycles. The van der Waals surface area contributed by atoms with Crippen molar-refractivity contribution in [2.45, 2.75) is 0 Å². The first-order valence-corrected chi connectivity index (χ1v) is 3.45. The lowest BCUT2D eigenvalue weighted by Gasteiger charge is -1.94. The molecule has 1 amide bonds. The van der Waals surface area contributed by atoms with Gasteiger partial charge < -0.3 is 0 Å². The van der Waals surface area contributed by atoms with Crippen molar-refractivity contribution in [3.63, 3.8) is 0 Å². The molecule has 0 aromatic carbocycles. The molecule has 0 rings (SSSR count). The molecule has 1 N–H and O–H groups in total. The second kappa shape index (κ2) is 5.44. The average molecular weight is 143 g/mol. The first kappa shape index (κ1) is 8.30. The molecule has 0 aromatic rings. The lowest BCUT2D eigenvalue weighted by Crippen LogP contribution is -2.11. The van der Waals surface area contributed by atoms with E-state index in [1.165, 1.54) is 18.0 Å². The molecule has 9 heavy (non-hydrogen) atoms. The quantitative estimate of drug-likeness (QED) is 0.276. The van der Waals surface area contributed by atoms with E-state index in [4.69, 9.17) is 0 Å². The maximum atomic E-state index is 10.4.